The van der Waals surface area contributed by atoms with Gasteiger partial charge in [-0.15, -0.1) is 0 Å². The number of anilines is 2. The summed E-state index contributed by atoms with van der Waals surface area (Å²) in [5, 5.41) is 12.7. The highest BCUT2D eigenvalue weighted by molar-refractivity contribution is 7.08. The maximum atomic E-state index is 12.6. The lowest BCUT2D eigenvalue weighted by molar-refractivity contribution is 0.0697. The summed E-state index contributed by atoms with van der Waals surface area (Å²) in [5.74, 6) is -1.18. The third-order valence-corrected chi connectivity index (χ3v) is 4.07. The summed E-state index contributed by atoms with van der Waals surface area (Å²) in [6.45, 7) is 4.18. The summed E-state index contributed by atoms with van der Waals surface area (Å²) in [7, 11) is 0. The SMILES string of the molecule is CCN(C(=O)c1cscc1C)c1ccc(C(=O)O)cc1N. The van der Waals surface area contributed by atoms with Gasteiger partial charge in [0, 0.05) is 11.9 Å². The van der Waals surface area contributed by atoms with E-state index in [2.05, 4.69) is 0 Å². The van der Waals surface area contributed by atoms with Crippen LogP contribution in [-0.2, 0) is 0 Å². The van der Waals surface area contributed by atoms with E-state index in [0.717, 1.165) is 5.56 Å². The number of aryl methyl sites for hydroxylation is 1. The minimum absolute atomic E-state index is 0.103. The highest BCUT2D eigenvalue weighted by Crippen LogP contribution is 2.27. The second-order valence-electron chi connectivity index (χ2n) is 4.60. The van der Waals surface area contributed by atoms with Crippen LogP contribution >= 0.6 is 11.3 Å². The van der Waals surface area contributed by atoms with Crippen molar-refractivity contribution in [2.24, 2.45) is 0 Å². The van der Waals surface area contributed by atoms with Gasteiger partial charge in [-0.3, -0.25) is 4.79 Å². The van der Waals surface area contributed by atoms with Crippen LogP contribution in [0.2, 0.25) is 0 Å². The second-order valence-corrected chi connectivity index (χ2v) is 5.34. The van der Waals surface area contributed by atoms with Crippen LogP contribution in [0.4, 0.5) is 11.4 Å². The van der Waals surface area contributed by atoms with Crippen molar-refractivity contribution in [1.82, 2.24) is 0 Å². The molecule has 1 aromatic heterocycles. The number of nitrogen functional groups attached to an aromatic ring is 1. The van der Waals surface area contributed by atoms with E-state index >= 15 is 0 Å². The summed E-state index contributed by atoms with van der Waals surface area (Å²) < 4.78 is 0. The predicted octanol–water partition coefficient (Wildman–Crippen LogP) is 3.00. The van der Waals surface area contributed by atoms with Crippen molar-refractivity contribution >= 4 is 34.6 Å². The maximum absolute atomic E-state index is 12.6. The zero-order chi connectivity index (χ0) is 15.6. The zero-order valence-corrected chi connectivity index (χ0v) is 12.6. The monoisotopic (exact) mass is 304 g/mol. The number of rotatable bonds is 4. The summed E-state index contributed by atoms with van der Waals surface area (Å²) in [6, 6.07) is 4.39. The van der Waals surface area contributed by atoms with Gasteiger partial charge in [0.05, 0.1) is 22.5 Å². The number of aromatic carboxylic acids is 1. The molecule has 1 amide bonds. The molecule has 110 valence electrons. The quantitative estimate of drug-likeness (QED) is 0.850. The van der Waals surface area contributed by atoms with Crippen molar-refractivity contribution in [3.05, 3.63) is 45.6 Å². The van der Waals surface area contributed by atoms with Crippen LogP contribution < -0.4 is 10.6 Å². The van der Waals surface area contributed by atoms with Gasteiger partial charge in [0.25, 0.3) is 5.91 Å². The van der Waals surface area contributed by atoms with E-state index in [1.54, 1.807) is 11.0 Å². The van der Waals surface area contributed by atoms with Crippen LogP contribution in [-0.4, -0.2) is 23.5 Å². The van der Waals surface area contributed by atoms with E-state index in [-0.39, 0.29) is 17.2 Å². The minimum Gasteiger partial charge on any atom is -0.478 e. The summed E-state index contributed by atoms with van der Waals surface area (Å²) in [4.78, 5) is 25.1. The van der Waals surface area contributed by atoms with Crippen LogP contribution in [0.1, 0.15) is 33.2 Å². The fourth-order valence-corrected chi connectivity index (χ4v) is 2.90. The molecule has 0 saturated heterocycles. The molecule has 0 atom stereocenters. The van der Waals surface area contributed by atoms with E-state index < -0.39 is 5.97 Å². The first-order valence-corrected chi connectivity index (χ1v) is 7.37. The largest absolute Gasteiger partial charge is 0.478 e. The number of hydrogen-bond acceptors (Lipinski definition) is 4. The van der Waals surface area contributed by atoms with E-state index in [0.29, 0.717) is 17.8 Å². The Balaban J connectivity index is 2.40. The molecule has 0 saturated carbocycles. The van der Waals surface area contributed by atoms with Gasteiger partial charge in [0.1, 0.15) is 0 Å². The topological polar surface area (TPSA) is 83.6 Å². The Kier molecular flexibility index (Phi) is 4.28. The molecule has 0 bridgehead atoms. The number of carbonyl (C=O) groups excluding carboxylic acids is 1. The molecule has 0 unspecified atom stereocenters. The number of carbonyl (C=O) groups is 2. The lowest BCUT2D eigenvalue weighted by Crippen LogP contribution is -2.31. The van der Waals surface area contributed by atoms with Gasteiger partial charge in [-0.1, -0.05) is 0 Å². The first kappa shape index (κ1) is 15.1. The molecule has 0 spiro atoms. The number of amides is 1. The molecule has 2 rings (SSSR count). The number of nitrogens with zero attached hydrogens (tertiary/aromatic N) is 1. The zero-order valence-electron chi connectivity index (χ0n) is 11.8. The van der Waals surface area contributed by atoms with Gasteiger partial charge in [0.15, 0.2) is 0 Å². The molecule has 0 aliphatic heterocycles. The third-order valence-electron chi connectivity index (χ3n) is 3.21. The first-order valence-electron chi connectivity index (χ1n) is 6.43. The molecule has 0 aliphatic carbocycles. The fraction of sp³-hybridized carbons (Fsp3) is 0.200. The van der Waals surface area contributed by atoms with Crippen molar-refractivity contribution in [2.75, 3.05) is 17.2 Å². The highest BCUT2D eigenvalue weighted by Gasteiger charge is 2.21. The van der Waals surface area contributed by atoms with Crippen molar-refractivity contribution < 1.29 is 14.7 Å². The first-order chi connectivity index (χ1) is 9.95. The van der Waals surface area contributed by atoms with Gasteiger partial charge < -0.3 is 15.7 Å². The Bertz CT molecular complexity index is 694. The number of thiophene rings is 1. The number of carboxylic acid groups (broad SMARTS) is 1. The number of hydrogen-bond donors (Lipinski definition) is 2. The van der Waals surface area contributed by atoms with E-state index in [4.69, 9.17) is 10.8 Å². The minimum atomic E-state index is -1.05. The molecule has 0 fully saturated rings. The van der Waals surface area contributed by atoms with Gasteiger partial charge in [-0.25, -0.2) is 4.79 Å². The summed E-state index contributed by atoms with van der Waals surface area (Å²) in [6.07, 6.45) is 0. The van der Waals surface area contributed by atoms with Crippen LogP contribution in [0.15, 0.2) is 29.0 Å². The molecule has 1 heterocycles. The van der Waals surface area contributed by atoms with Crippen LogP contribution in [0.5, 0.6) is 0 Å². The normalized spacial score (nSPS) is 10.4. The van der Waals surface area contributed by atoms with Gasteiger partial charge in [0.2, 0.25) is 0 Å². The molecule has 3 N–H and O–H groups in total. The number of carboxylic acids is 1. The molecule has 6 heteroatoms. The maximum Gasteiger partial charge on any atom is 0.335 e. The van der Waals surface area contributed by atoms with Crippen molar-refractivity contribution in [1.29, 1.82) is 0 Å². The van der Waals surface area contributed by atoms with Gasteiger partial charge in [-0.05, 0) is 43.0 Å². The average molecular weight is 304 g/mol. The molecule has 2 aromatic rings. The standard InChI is InChI=1S/C15H16N2O3S/c1-3-17(14(18)11-8-21-7-9(11)2)13-5-4-10(15(19)20)6-12(13)16/h4-8H,3,16H2,1-2H3,(H,19,20). The van der Waals surface area contributed by atoms with Crippen molar-refractivity contribution in [3.63, 3.8) is 0 Å². The lowest BCUT2D eigenvalue weighted by atomic mass is 10.1. The second kappa shape index (κ2) is 5.97. The Morgan fingerprint density at radius 3 is 2.52 bits per heavy atom. The smallest absolute Gasteiger partial charge is 0.335 e. The number of nitrogens with two attached hydrogens (primary N) is 1. The fourth-order valence-electron chi connectivity index (χ4n) is 2.08. The van der Waals surface area contributed by atoms with Gasteiger partial charge in [-0.2, -0.15) is 11.3 Å². The van der Waals surface area contributed by atoms with Crippen LogP contribution in [0.25, 0.3) is 0 Å². The molecular formula is C15H16N2O3S. The third kappa shape index (κ3) is 2.90. The Morgan fingerprint density at radius 1 is 1.33 bits per heavy atom. The highest BCUT2D eigenvalue weighted by atomic mass is 32.1. The Morgan fingerprint density at radius 2 is 2.05 bits per heavy atom. The molecule has 0 aliphatic rings. The van der Waals surface area contributed by atoms with Gasteiger partial charge >= 0.3 is 5.97 Å². The Hall–Kier alpha value is -2.34. The number of benzene rings is 1. The average Bonchev–Trinajstić information content (AvgIpc) is 2.87. The molecule has 5 nitrogen and oxygen atoms in total. The molecule has 1 aromatic carbocycles. The van der Waals surface area contributed by atoms with E-state index in [1.165, 1.54) is 23.5 Å². The lowest BCUT2D eigenvalue weighted by Gasteiger charge is -2.23. The van der Waals surface area contributed by atoms with E-state index in [1.807, 2.05) is 24.6 Å². The van der Waals surface area contributed by atoms with Crippen LogP contribution in [0.3, 0.4) is 0 Å². The van der Waals surface area contributed by atoms with Crippen molar-refractivity contribution in [3.8, 4) is 0 Å². The summed E-state index contributed by atoms with van der Waals surface area (Å²) >= 11 is 1.47. The van der Waals surface area contributed by atoms with Crippen molar-refractivity contribution in [2.45, 2.75) is 13.8 Å². The Labute approximate surface area is 126 Å². The van der Waals surface area contributed by atoms with E-state index in [9.17, 15) is 9.59 Å². The predicted molar refractivity (Wildman–Crippen MR) is 84.2 cm³/mol. The molecule has 21 heavy (non-hydrogen) atoms. The van der Waals surface area contributed by atoms with Crippen LogP contribution in [0, 0.1) is 6.92 Å². The molecular weight excluding hydrogens is 288 g/mol. The molecule has 0 radical (unpaired) electrons. The summed E-state index contributed by atoms with van der Waals surface area (Å²) in [5.41, 5.74) is 8.38.